The maximum Gasteiger partial charge on any atom is 0.158 e. The predicted molar refractivity (Wildman–Crippen MR) is 68.4 cm³/mol. The van der Waals surface area contributed by atoms with Crippen molar-refractivity contribution in [1.29, 1.82) is 5.41 Å². The third kappa shape index (κ3) is 2.29. The highest BCUT2D eigenvalue weighted by molar-refractivity contribution is 5.97. The van der Waals surface area contributed by atoms with Crippen molar-refractivity contribution < 1.29 is 0 Å². The second-order valence-corrected chi connectivity index (χ2v) is 3.95. The van der Waals surface area contributed by atoms with E-state index in [1.165, 1.54) is 6.20 Å². The number of amidine groups is 1. The zero-order valence-electron chi connectivity index (χ0n) is 10.3. The van der Waals surface area contributed by atoms with Gasteiger partial charge in [-0.1, -0.05) is 0 Å². The minimum atomic E-state index is -0.0928. The SMILES string of the molecule is CN(Cc1nccn1C)c1nccnc1C(=N)N. The number of hydrogen-bond donors (Lipinski definition) is 2. The van der Waals surface area contributed by atoms with Crippen molar-refractivity contribution in [3.05, 3.63) is 36.3 Å². The Morgan fingerprint density at radius 1 is 1.33 bits per heavy atom. The van der Waals surface area contributed by atoms with E-state index in [4.69, 9.17) is 11.1 Å². The molecule has 2 heterocycles. The molecule has 18 heavy (non-hydrogen) atoms. The molecule has 7 nitrogen and oxygen atoms in total. The van der Waals surface area contributed by atoms with Crippen LogP contribution in [0.1, 0.15) is 11.5 Å². The molecule has 0 radical (unpaired) electrons. The Kier molecular flexibility index (Phi) is 3.22. The molecule has 2 aromatic heterocycles. The van der Waals surface area contributed by atoms with Crippen LogP contribution in [0.15, 0.2) is 24.8 Å². The average molecular weight is 245 g/mol. The first-order valence-corrected chi connectivity index (χ1v) is 5.42. The first-order valence-electron chi connectivity index (χ1n) is 5.42. The van der Waals surface area contributed by atoms with Gasteiger partial charge in [0.05, 0.1) is 6.54 Å². The van der Waals surface area contributed by atoms with E-state index in [1.807, 2.05) is 29.8 Å². The maximum absolute atomic E-state index is 7.49. The van der Waals surface area contributed by atoms with Gasteiger partial charge in [-0.25, -0.2) is 15.0 Å². The molecule has 0 bridgehead atoms. The maximum atomic E-state index is 7.49. The number of nitrogens with zero attached hydrogens (tertiary/aromatic N) is 5. The fourth-order valence-electron chi connectivity index (χ4n) is 1.64. The summed E-state index contributed by atoms with van der Waals surface area (Å²) in [7, 11) is 3.80. The summed E-state index contributed by atoms with van der Waals surface area (Å²) in [4.78, 5) is 14.4. The molecule has 2 rings (SSSR count). The van der Waals surface area contributed by atoms with Crippen LogP contribution in [-0.2, 0) is 13.6 Å². The molecular weight excluding hydrogens is 230 g/mol. The molecule has 0 atom stereocenters. The van der Waals surface area contributed by atoms with E-state index in [2.05, 4.69) is 15.0 Å². The van der Waals surface area contributed by atoms with Crippen LogP contribution >= 0.6 is 0 Å². The first-order chi connectivity index (χ1) is 8.59. The predicted octanol–water partition coefficient (Wildman–Crippen LogP) is 0.131. The summed E-state index contributed by atoms with van der Waals surface area (Å²) in [6.45, 7) is 0.572. The van der Waals surface area contributed by atoms with Crippen LogP contribution < -0.4 is 10.6 Å². The Hall–Kier alpha value is -2.44. The van der Waals surface area contributed by atoms with Crippen molar-refractivity contribution in [2.24, 2.45) is 12.8 Å². The van der Waals surface area contributed by atoms with Crippen molar-refractivity contribution in [3.63, 3.8) is 0 Å². The Bertz CT molecular complexity index is 560. The number of nitrogen functional groups attached to an aromatic ring is 1. The third-order valence-electron chi connectivity index (χ3n) is 2.60. The summed E-state index contributed by atoms with van der Waals surface area (Å²) >= 11 is 0. The van der Waals surface area contributed by atoms with E-state index in [0.29, 0.717) is 18.1 Å². The zero-order valence-corrected chi connectivity index (χ0v) is 10.3. The molecule has 0 amide bonds. The lowest BCUT2D eigenvalue weighted by molar-refractivity contribution is 0.753. The van der Waals surface area contributed by atoms with Crippen LogP contribution in [0.2, 0.25) is 0 Å². The number of hydrogen-bond acceptors (Lipinski definition) is 5. The minimum absolute atomic E-state index is 0.0928. The van der Waals surface area contributed by atoms with Gasteiger partial charge in [0.25, 0.3) is 0 Å². The highest BCUT2D eigenvalue weighted by Crippen LogP contribution is 2.14. The second-order valence-electron chi connectivity index (χ2n) is 3.95. The van der Waals surface area contributed by atoms with Crippen LogP contribution in [-0.4, -0.2) is 32.4 Å². The lowest BCUT2D eigenvalue weighted by Gasteiger charge is -2.19. The summed E-state index contributed by atoms with van der Waals surface area (Å²) < 4.78 is 1.93. The molecule has 0 unspecified atom stereocenters. The fraction of sp³-hybridized carbons (Fsp3) is 0.273. The van der Waals surface area contributed by atoms with Gasteiger partial charge in [-0.2, -0.15) is 0 Å². The summed E-state index contributed by atoms with van der Waals surface area (Å²) in [5.74, 6) is 1.38. The van der Waals surface area contributed by atoms with Gasteiger partial charge >= 0.3 is 0 Å². The molecule has 0 spiro atoms. The Balaban J connectivity index is 2.26. The molecule has 7 heteroatoms. The normalized spacial score (nSPS) is 10.3. The Morgan fingerprint density at radius 2 is 2.06 bits per heavy atom. The molecule has 0 aromatic carbocycles. The fourth-order valence-corrected chi connectivity index (χ4v) is 1.64. The van der Waals surface area contributed by atoms with Gasteiger partial charge < -0.3 is 15.2 Å². The number of anilines is 1. The standard InChI is InChI=1S/C11H15N7/c1-17-6-5-14-8(17)7-18(2)11-9(10(12)13)15-3-4-16-11/h3-6H,7H2,1-2H3,(H3,12,13). The molecule has 0 saturated heterocycles. The molecule has 0 aliphatic rings. The van der Waals surface area contributed by atoms with Crippen LogP contribution in [0, 0.1) is 5.41 Å². The topological polar surface area (TPSA) is 96.7 Å². The van der Waals surface area contributed by atoms with E-state index < -0.39 is 0 Å². The molecular formula is C11H15N7. The Labute approximate surface area is 105 Å². The van der Waals surface area contributed by atoms with Gasteiger partial charge in [-0.15, -0.1) is 0 Å². The average Bonchev–Trinajstić information content (AvgIpc) is 2.75. The molecule has 94 valence electrons. The van der Waals surface area contributed by atoms with Gasteiger partial charge in [0, 0.05) is 38.9 Å². The number of nitrogens with one attached hydrogen (secondary N) is 1. The second kappa shape index (κ2) is 4.82. The monoisotopic (exact) mass is 245 g/mol. The molecule has 0 aliphatic heterocycles. The van der Waals surface area contributed by atoms with Crippen LogP contribution in [0.5, 0.6) is 0 Å². The van der Waals surface area contributed by atoms with E-state index in [-0.39, 0.29) is 5.84 Å². The number of imidazole rings is 1. The van der Waals surface area contributed by atoms with Gasteiger partial charge in [0.2, 0.25) is 0 Å². The van der Waals surface area contributed by atoms with E-state index in [1.54, 1.807) is 12.4 Å². The van der Waals surface area contributed by atoms with E-state index in [9.17, 15) is 0 Å². The smallest absolute Gasteiger partial charge is 0.158 e. The number of aryl methyl sites for hydroxylation is 1. The van der Waals surface area contributed by atoms with E-state index in [0.717, 1.165) is 5.82 Å². The van der Waals surface area contributed by atoms with Crippen molar-refractivity contribution >= 4 is 11.7 Å². The highest BCUT2D eigenvalue weighted by atomic mass is 15.2. The zero-order chi connectivity index (χ0) is 13.1. The number of rotatable bonds is 4. The van der Waals surface area contributed by atoms with Gasteiger partial charge in [0.15, 0.2) is 5.82 Å². The number of nitrogens with two attached hydrogens (primary N) is 1. The molecule has 0 saturated carbocycles. The summed E-state index contributed by atoms with van der Waals surface area (Å²) in [5, 5.41) is 7.49. The molecule has 2 aromatic rings. The van der Waals surface area contributed by atoms with Crippen molar-refractivity contribution in [2.45, 2.75) is 6.54 Å². The van der Waals surface area contributed by atoms with Crippen LogP contribution in [0.25, 0.3) is 0 Å². The minimum Gasteiger partial charge on any atom is -0.382 e. The molecule has 0 aliphatic carbocycles. The van der Waals surface area contributed by atoms with Crippen LogP contribution in [0.4, 0.5) is 5.82 Å². The summed E-state index contributed by atoms with van der Waals surface area (Å²) in [5.41, 5.74) is 5.87. The quantitative estimate of drug-likeness (QED) is 0.589. The van der Waals surface area contributed by atoms with Crippen molar-refractivity contribution in [3.8, 4) is 0 Å². The van der Waals surface area contributed by atoms with Crippen molar-refractivity contribution in [1.82, 2.24) is 19.5 Å². The first kappa shape index (κ1) is 12.0. The summed E-state index contributed by atoms with van der Waals surface area (Å²) in [6.07, 6.45) is 6.73. The number of aromatic nitrogens is 4. The van der Waals surface area contributed by atoms with Crippen molar-refractivity contribution in [2.75, 3.05) is 11.9 Å². The molecule has 0 fully saturated rings. The largest absolute Gasteiger partial charge is 0.382 e. The van der Waals surface area contributed by atoms with Gasteiger partial charge in [-0.05, 0) is 0 Å². The summed E-state index contributed by atoms with van der Waals surface area (Å²) in [6, 6.07) is 0. The Morgan fingerprint density at radius 3 is 2.67 bits per heavy atom. The van der Waals surface area contributed by atoms with Crippen LogP contribution in [0.3, 0.4) is 0 Å². The van der Waals surface area contributed by atoms with E-state index >= 15 is 0 Å². The lowest BCUT2D eigenvalue weighted by atomic mass is 10.3. The van der Waals surface area contributed by atoms with Gasteiger partial charge in [-0.3, -0.25) is 5.41 Å². The van der Waals surface area contributed by atoms with Gasteiger partial charge in [0.1, 0.15) is 17.4 Å². The molecule has 3 N–H and O–H groups in total. The third-order valence-corrected chi connectivity index (χ3v) is 2.60. The lowest BCUT2D eigenvalue weighted by Crippen LogP contribution is -2.25. The highest BCUT2D eigenvalue weighted by Gasteiger charge is 2.14.